The van der Waals surface area contributed by atoms with Crippen LogP contribution in [0.2, 0.25) is 0 Å². The third-order valence-corrected chi connectivity index (χ3v) is 1.49. The average Bonchev–Trinajstić information content (AvgIpc) is 2.14. The predicted octanol–water partition coefficient (Wildman–Crippen LogP) is 2.41. The minimum atomic E-state index is -4.67. The van der Waals surface area contributed by atoms with Gasteiger partial charge in [0.05, 0.1) is 6.54 Å². The summed E-state index contributed by atoms with van der Waals surface area (Å²) in [5.74, 6) is 4.51. The fourth-order valence-electron chi connectivity index (χ4n) is 0.919. The summed E-state index contributed by atoms with van der Waals surface area (Å²) >= 11 is 0. The molecule has 0 radical (unpaired) electrons. The van der Waals surface area contributed by atoms with E-state index in [0.29, 0.717) is 5.56 Å². The normalized spacial score (nSPS) is 11.9. The molecular formula is C8H8F3N3O. The van der Waals surface area contributed by atoms with Crippen molar-refractivity contribution in [2.45, 2.75) is 12.9 Å². The van der Waals surface area contributed by atoms with Gasteiger partial charge in [-0.1, -0.05) is 17.4 Å². The molecule has 1 rings (SSSR count). The molecule has 0 atom stereocenters. The maximum absolute atomic E-state index is 11.8. The van der Waals surface area contributed by atoms with Gasteiger partial charge in [0.1, 0.15) is 5.75 Å². The smallest absolute Gasteiger partial charge is 0.406 e. The van der Waals surface area contributed by atoms with Crippen molar-refractivity contribution in [2.24, 2.45) is 16.2 Å². The Bertz CT molecular complexity index is 334. The van der Waals surface area contributed by atoms with E-state index < -0.39 is 6.36 Å². The van der Waals surface area contributed by atoms with Crippen LogP contribution in [0.4, 0.5) is 13.2 Å². The standard InChI is InChI=1S/C8H8F3N3O/c9-8(10,11)15-7-3-1-6(2-4-7)5-13-14-12/h1-4H,5H2,(H2,12,13). The van der Waals surface area contributed by atoms with Gasteiger partial charge in [-0.2, -0.15) is 5.11 Å². The van der Waals surface area contributed by atoms with Gasteiger partial charge in [0.2, 0.25) is 0 Å². The largest absolute Gasteiger partial charge is 0.573 e. The molecule has 0 aliphatic carbocycles. The summed E-state index contributed by atoms with van der Waals surface area (Å²) in [6, 6.07) is 5.31. The molecule has 0 heterocycles. The molecule has 0 aliphatic heterocycles. The maximum atomic E-state index is 11.8. The number of nitrogens with zero attached hydrogens (tertiary/aromatic N) is 2. The molecule has 0 spiro atoms. The lowest BCUT2D eigenvalue weighted by Gasteiger charge is -2.08. The quantitative estimate of drug-likeness (QED) is 0.482. The van der Waals surface area contributed by atoms with Crippen molar-refractivity contribution < 1.29 is 17.9 Å². The number of hydrogen-bond acceptors (Lipinski definition) is 3. The van der Waals surface area contributed by atoms with Gasteiger partial charge in [0, 0.05) is 0 Å². The van der Waals surface area contributed by atoms with E-state index in [0.717, 1.165) is 0 Å². The summed E-state index contributed by atoms with van der Waals surface area (Å²) in [5, 5.41) is 6.51. The molecule has 4 nitrogen and oxygen atoms in total. The van der Waals surface area contributed by atoms with Crippen LogP contribution in [0.1, 0.15) is 5.56 Å². The molecule has 0 bridgehead atoms. The van der Waals surface area contributed by atoms with E-state index in [1.807, 2.05) is 0 Å². The van der Waals surface area contributed by atoms with Crippen molar-refractivity contribution in [1.82, 2.24) is 0 Å². The fourth-order valence-corrected chi connectivity index (χ4v) is 0.919. The van der Waals surface area contributed by atoms with Crippen LogP contribution in [0.3, 0.4) is 0 Å². The lowest BCUT2D eigenvalue weighted by Crippen LogP contribution is -2.16. The number of nitrogens with two attached hydrogens (primary N) is 1. The molecule has 0 saturated heterocycles. The van der Waals surface area contributed by atoms with Gasteiger partial charge in [-0.05, 0) is 17.7 Å². The molecule has 1 aromatic rings. The van der Waals surface area contributed by atoms with E-state index >= 15 is 0 Å². The Kier molecular flexibility index (Phi) is 3.48. The van der Waals surface area contributed by atoms with Gasteiger partial charge in [-0.25, -0.2) is 0 Å². The Hall–Kier alpha value is -1.79. The predicted molar refractivity (Wildman–Crippen MR) is 45.9 cm³/mol. The number of ether oxygens (including phenoxy) is 1. The van der Waals surface area contributed by atoms with Gasteiger partial charge >= 0.3 is 6.36 Å². The molecule has 0 aromatic heterocycles. The van der Waals surface area contributed by atoms with E-state index in [4.69, 9.17) is 5.84 Å². The van der Waals surface area contributed by atoms with E-state index in [2.05, 4.69) is 15.1 Å². The second kappa shape index (κ2) is 4.63. The van der Waals surface area contributed by atoms with Gasteiger partial charge in [0.15, 0.2) is 0 Å². The summed E-state index contributed by atoms with van der Waals surface area (Å²) in [6.45, 7) is 0.225. The Labute approximate surface area is 83.5 Å². The summed E-state index contributed by atoms with van der Waals surface area (Å²) < 4.78 is 39.0. The monoisotopic (exact) mass is 219 g/mol. The molecule has 7 heteroatoms. The minimum Gasteiger partial charge on any atom is -0.406 e. The van der Waals surface area contributed by atoms with E-state index in [-0.39, 0.29) is 12.3 Å². The van der Waals surface area contributed by atoms with Crippen LogP contribution in [-0.4, -0.2) is 6.36 Å². The first-order valence-electron chi connectivity index (χ1n) is 3.92. The molecule has 2 N–H and O–H groups in total. The second-order valence-corrected chi connectivity index (χ2v) is 2.61. The lowest BCUT2D eigenvalue weighted by molar-refractivity contribution is -0.274. The SMILES string of the molecule is NN=NCc1ccc(OC(F)(F)F)cc1. The first kappa shape index (κ1) is 11.3. The number of alkyl halides is 3. The zero-order chi connectivity index (χ0) is 11.3. The van der Waals surface area contributed by atoms with Crippen molar-refractivity contribution >= 4 is 0 Å². The van der Waals surface area contributed by atoms with Crippen molar-refractivity contribution in [3.8, 4) is 5.75 Å². The summed E-state index contributed by atoms with van der Waals surface area (Å²) in [7, 11) is 0. The Morgan fingerprint density at radius 2 is 1.80 bits per heavy atom. The molecular weight excluding hydrogens is 211 g/mol. The average molecular weight is 219 g/mol. The first-order chi connectivity index (χ1) is 7.01. The first-order valence-corrected chi connectivity index (χ1v) is 3.92. The highest BCUT2D eigenvalue weighted by atomic mass is 19.4. The molecule has 0 amide bonds. The highest BCUT2D eigenvalue weighted by molar-refractivity contribution is 5.27. The van der Waals surface area contributed by atoms with Crippen LogP contribution >= 0.6 is 0 Å². The molecule has 0 saturated carbocycles. The maximum Gasteiger partial charge on any atom is 0.573 e. The topological polar surface area (TPSA) is 60.0 Å². The fraction of sp³-hybridized carbons (Fsp3) is 0.250. The van der Waals surface area contributed by atoms with Crippen LogP contribution in [-0.2, 0) is 6.54 Å². The Morgan fingerprint density at radius 3 is 2.27 bits per heavy atom. The Morgan fingerprint density at radius 1 is 1.20 bits per heavy atom. The van der Waals surface area contributed by atoms with Crippen molar-refractivity contribution in [3.05, 3.63) is 29.8 Å². The van der Waals surface area contributed by atoms with Crippen molar-refractivity contribution in [1.29, 1.82) is 0 Å². The summed E-state index contributed by atoms with van der Waals surface area (Å²) in [4.78, 5) is 0. The molecule has 0 unspecified atom stereocenters. The molecule has 82 valence electrons. The minimum absolute atomic E-state index is 0.225. The van der Waals surface area contributed by atoms with Gasteiger partial charge in [-0.3, -0.25) is 0 Å². The number of halogens is 3. The van der Waals surface area contributed by atoms with Crippen LogP contribution in [0.25, 0.3) is 0 Å². The van der Waals surface area contributed by atoms with Crippen LogP contribution in [0.5, 0.6) is 5.75 Å². The second-order valence-electron chi connectivity index (χ2n) is 2.61. The summed E-state index contributed by atoms with van der Waals surface area (Å²) in [5.41, 5.74) is 0.693. The zero-order valence-corrected chi connectivity index (χ0v) is 7.53. The van der Waals surface area contributed by atoms with Crippen LogP contribution in [0, 0.1) is 0 Å². The molecule has 15 heavy (non-hydrogen) atoms. The number of benzene rings is 1. The van der Waals surface area contributed by atoms with Gasteiger partial charge in [-0.15, -0.1) is 13.2 Å². The molecule has 0 aliphatic rings. The number of hydrogen-bond donors (Lipinski definition) is 1. The number of rotatable bonds is 3. The molecule has 1 aromatic carbocycles. The third kappa shape index (κ3) is 4.30. The van der Waals surface area contributed by atoms with E-state index in [9.17, 15) is 13.2 Å². The van der Waals surface area contributed by atoms with Gasteiger partial charge < -0.3 is 10.6 Å². The Balaban J connectivity index is 2.64. The zero-order valence-electron chi connectivity index (χ0n) is 7.53. The lowest BCUT2D eigenvalue weighted by atomic mass is 10.2. The third-order valence-electron chi connectivity index (χ3n) is 1.49. The van der Waals surface area contributed by atoms with E-state index in [1.54, 1.807) is 0 Å². The summed E-state index contributed by atoms with van der Waals surface area (Å²) in [6.07, 6.45) is -4.67. The molecule has 0 fully saturated rings. The van der Waals surface area contributed by atoms with Crippen LogP contribution < -0.4 is 10.6 Å². The van der Waals surface area contributed by atoms with Crippen molar-refractivity contribution in [2.75, 3.05) is 0 Å². The van der Waals surface area contributed by atoms with Crippen LogP contribution in [0.15, 0.2) is 34.6 Å². The highest BCUT2D eigenvalue weighted by Crippen LogP contribution is 2.22. The van der Waals surface area contributed by atoms with Gasteiger partial charge in [0.25, 0.3) is 0 Å². The van der Waals surface area contributed by atoms with E-state index in [1.165, 1.54) is 24.3 Å². The highest BCUT2D eigenvalue weighted by Gasteiger charge is 2.30. The van der Waals surface area contributed by atoms with Crippen molar-refractivity contribution in [3.63, 3.8) is 0 Å².